The van der Waals surface area contributed by atoms with Crippen molar-refractivity contribution >= 4 is 17.3 Å². The minimum atomic E-state index is -4.48. The van der Waals surface area contributed by atoms with E-state index in [1.165, 1.54) is 10.9 Å². The van der Waals surface area contributed by atoms with Crippen LogP contribution in [0, 0.1) is 0 Å². The van der Waals surface area contributed by atoms with Gasteiger partial charge in [0, 0.05) is 6.20 Å². The van der Waals surface area contributed by atoms with Crippen molar-refractivity contribution in [3.8, 4) is 5.82 Å². The van der Waals surface area contributed by atoms with Gasteiger partial charge >= 0.3 is 6.18 Å². The van der Waals surface area contributed by atoms with Gasteiger partial charge in [0.1, 0.15) is 0 Å². The second kappa shape index (κ2) is 5.32. The molecule has 0 unspecified atom stereocenters. The van der Waals surface area contributed by atoms with Gasteiger partial charge in [0.2, 0.25) is 0 Å². The number of hydrogen-bond acceptors (Lipinski definition) is 3. The third-order valence-corrected chi connectivity index (χ3v) is 3.02. The van der Waals surface area contributed by atoms with Gasteiger partial charge in [-0.2, -0.15) is 18.3 Å². The van der Waals surface area contributed by atoms with Crippen molar-refractivity contribution in [3.63, 3.8) is 0 Å². The van der Waals surface area contributed by atoms with Crippen molar-refractivity contribution in [1.29, 1.82) is 0 Å². The zero-order valence-electron chi connectivity index (χ0n) is 10.6. The van der Waals surface area contributed by atoms with Gasteiger partial charge in [0.15, 0.2) is 5.82 Å². The number of alkyl halides is 3. The molecule has 0 aliphatic carbocycles. The summed E-state index contributed by atoms with van der Waals surface area (Å²) in [5.41, 5.74) is 6.02. The summed E-state index contributed by atoms with van der Waals surface area (Å²) in [6, 6.07) is 0.831. The molecule has 2 N–H and O–H groups in total. The maximum atomic E-state index is 12.6. The Kier molecular flexibility index (Phi) is 3.89. The van der Waals surface area contributed by atoms with Crippen LogP contribution in [0.1, 0.15) is 24.6 Å². The summed E-state index contributed by atoms with van der Waals surface area (Å²) in [5.74, 6) is 0.139. The Bertz CT molecular complexity index is 622. The molecule has 2 aromatic rings. The lowest BCUT2D eigenvalue weighted by molar-refractivity contribution is -0.137. The molecule has 0 aliphatic heterocycles. The van der Waals surface area contributed by atoms with Gasteiger partial charge in [0.25, 0.3) is 0 Å². The Labute approximate surface area is 118 Å². The fourth-order valence-electron chi connectivity index (χ4n) is 1.80. The first-order valence-electron chi connectivity index (χ1n) is 5.90. The Hall–Kier alpha value is -1.76. The molecule has 0 amide bonds. The average Bonchev–Trinajstić information content (AvgIpc) is 2.71. The molecule has 2 heterocycles. The summed E-state index contributed by atoms with van der Waals surface area (Å²) in [5, 5.41) is 3.90. The lowest BCUT2D eigenvalue weighted by atomic mass is 10.2. The molecule has 4 nitrogen and oxygen atoms in total. The molecular formula is C12H12ClF3N4. The molecular weight excluding hydrogens is 293 g/mol. The Morgan fingerprint density at radius 3 is 2.60 bits per heavy atom. The van der Waals surface area contributed by atoms with E-state index in [9.17, 15) is 13.2 Å². The van der Waals surface area contributed by atoms with E-state index in [-0.39, 0.29) is 10.8 Å². The van der Waals surface area contributed by atoms with Crippen molar-refractivity contribution in [1.82, 2.24) is 14.8 Å². The van der Waals surface area contributed by atoms with E-state index < -0.39 is 11.7 Å². The van der Waals surface area contributed by atoms with Crippen molar-refractivity contribution in [2.24, 2.45) is 0 Å². The molecule has 0 fully saturated rings. The summed E-state index contributed by atoms with van der Waals surface area (Å²) in [6.07, 6.45) is -0.876. The average molecular weight is 305 g/mol. The lowest BCUT2D eigenvalue weighted by Gasteiger charge is -2.11. The summed E-state index contributed by atoms with van der Waals surface area (Å²) >= 11 is 5.89. The van der Waals surface area contributed by atoms with Gasteiger partial charge in [-0.05, 0) is 12.5 Å². The minimum absolute atomic E-state index is 0.125. The monoisotopic (exact) mass is 304 g/mol. The van der Waals surface area contributed by atoms with Crippen LogP contribution in [0.4, 0.5) is 18.9 Å². The van der Waals surface area contributed by atoms with Crippen molar-refractivity contribution in [2.45, 2.75) is 25.9 Å². The first-order chi connectivity index (χ1) is 9.34. The summed E-state index contributed by atoms with van der Waals surface area (Å²) in [6.45, 7) is 1.96. The van der Waals surface area contributed by atoms with E-state index in [2.05, 4.69) is 10.1 Å². The fourth-order valence-corrected chi connectivity index (χ4v) is 2.04. The molecule has 0 spiro atoms. The van der Waals surface area contributed by atoms with Crippen molar-refractivity contribution in [2.75, 3.05) is 5.73 Å². The second-order valence-electron chi connectivity index (χ2n) is 4.24. The predicted octanol–water partition coefficient (Wildman–Crippen LogP) is 3.47. The van der Waals surface area contributed by atoms with E-state index in [0.717, 1.165) is 18.7 Å². The van der Waals surface area contributed by atoms with Gasteiger partial charge in [-0.3, -0.25) is 0 Å². The molecule has 8 heteroatoms. The van der Waals surface area contributed by atoms with Crippen LogP contribution in [-0.4, -0.2) is 14.8 Å². The van der Waals surface area contributed by atoms with E-state index in [4.69, 9.17) is 17.3 Å². The molecule has 0 saturated carbocycles. The van der Waals surface area contributed by atoms with Crippen LogP contribution in [0.2, 0.25) is 5.02 Å². The van der Waals surface area contributed by atoms with E-state index in [1.807, 2.05) is 6.92 Å². The highest BCUT2D eigenvalue weighted by atomic mass is 35.5. The number of anilines is 1. The Balaban J connectivity index is 2.49. The number of aromatic nitrogens is 3. The summed E-state index contributed by atoms with van der Waals surface area (Å²) in [4.78, 5) is 3.76. The van der Waals surface area contributed by atoms with Crippen molar-refractivity contribution < 1.29 is 13.2 Å². The Morgan fingerprint density at radius 1 is 1.35 bits per heavy atom. The van der Waals surface area contributed by atoms with Gasteiger partial charge in [-0.1, -0.05) is 24.9 Å². The van der Waals surface area contributed by atoms with E-state index >= 15 is 0 Å². The smallest absolute Gasteiger partial charge is 0.396 e. The van der Waals surface area contributed by atoms with Crippen LogP contribution < -0.4 is 5.73 Å². The standard InChI is InChI=1S/C12H12ClF3N4/c1-2-3-10-9(17)6-19-20(10)11-8(13)4-7(5-18-11)12(14,15)16/h4-6H,2-3,17H2,1H3. The highest BCUT2D eigenvalue weighted by Crippen LogP contribution is 2.32. The molecule has 0 radical (unpaired) electrons. The molecule has 0 bridgehead atoms. The largest absolute Gasteiger partial charge is 0.417 e. The fraction of sp³-hybridized carbons (Fsp3) is 0.333. The number of rotatable bonds is 3. The molecule has 0 saturated heterocycles. The first-order valence-corrected chi connectivity index (χ1v) is 6.28. The molecule has 2 aromatic heterocycles. The van der Waals surface area contributed by atoms with E-state index in [0.29, 0.717) is 17.8 Å². The number of nitrogens with zero attached hydrogens (tertiary/aromatic N) is 3. The highest BCUT2D eigenvalue weighted by molar-refractivity contribution is 6.32. The third-order valence-electron chi connectivity index (χ3n) is 2.74. The maximum absolute atomic E-state index is 12.6. The quantitative estimate of drug-likeness (QED) is 0.944. The number of halogens is 4. The number of pyridine rings is 1. The zero-order chi connectivity index (χ0) is 14.9. The molecule has 20 heavy (non-hydrogen) atoms. The van der Waals surface area contributed by atoms with Gasteiger partial charge in [0.05, 0.1) is 28.2 Å². The SMILES string of the molecule is CCCc1c(N)cnn1-c1ncc(C(F)(F)F)cc1Cl. The lowest BCUT2D eigenvalue weighted by Crippen LogP contribution is -2.10. The van der Waals surface area contributed by atoms with Crippen LogP contribution in [0.25, 0.3) is 5.82 Å². The predicted molar refractivity (Wildman–Crippen MR) is 69.8 cm³/mol. The number of nitrogens with two attached hydrogens (primary N) is 1. The summed E-state index contributed by atoms with van der Waals surface area (Å²) in [7, 11) is 0. The zero-order valence-corrected chi connectivity index (χ0v) is 11.3. The van der Waals surface area contributed by atoms with E-state index in [1.54, 1.807) is 0 Å². The van der Waals surface area contributed by atoms with Crippen LogP contribution in [0.5, 0.6) is 0 Å². The topological polar surface area (TPSA) is 56.7 Å². The minimum Gasteiger partial charge on any atom is -0.396 e. The van der Waals surface area contributed by atoms with Gasteiger partial charge in [-0.25, -0.2) is 9.67 Å². The molecule has 108 valence electrons. The van der Waals surface area contributed by atoms with Crippen LogP contribution in [-0.2, 0) is 12.6 Å². The van der Waals surface area contributed by atoms with Crippen LogP contribution in [0.3, 0.4) is 0 Å². The summed E-state index contributed by atoms with van der Waals surface area (Å²) < 4.78 is 39.1. The Morgan fingerprint density at radius 2 is 2.05 bits per heavy atom. The number of nitrogen functional groups attached to an aromatic ring is 1. The molecule has 2 rings (SSSR count). The van der Waals surface area contributed by atoms with Crippen molar-refractivity contribution in [3.05, 3.63) is 34.7 Å². The van der Waals surface area contributed by atoms with Gasteiger partial charge < -0.3 is 5.73 Å². The first kappa shape index (κ1) is 14.6. The number of hydrogen-bond donors (Lipinski definition) is 1. The molecule has 0 aromatic carbocycles. The molecule has 0 atom stereocenters. The second-order valence-corrected chi connectivity index (χ2v) is 4.64. The molecule has 0 aliphatic rings. The van der Waals surface area contributed by atoms with Crippen LogP contribution >= 0.6 is 11.6 Å². The highest BCUT2D eigenvalue weighted by Gasteiger charge is 2.32. The third kappa shape index (κ3) is 2.72. The maximum Gasteiger partial charge on any atom is 0.417 e. The van der Waals surface area contributed by atoms with Crippen LogP contribution in [0.15, 0.2) is 18.5 Å². The van der Waals surface area contributed by atoms with Gasteiger partial charge in [-0.15, -0.1) is 0 Å². The normalized spacial score (nSPS) is 11.8.